The van der Waals surface area contributed by atoms with E-state index >= 15 is 0 Å². The van der Waals surface area contributed by atoms with Gasteiger partial charge in [0.1, 0.15) is 0 Å². The van der Waals surface area contributed by atoms with Crippen molar-refractivity contribution in [2.24, 2.45) is 0 Å². The van der Waals surface area contributed by atoms with Gasteiger partial charge < -0.3 is 15.0 Å². The molecular weight excluding hydrogens is 214 g/mol. The molecule has 0 saturated carbocycles. The van der Waals surface area contributed by atoms with Crippen LogP contribution in [-0.4, -0.2) is 74.4 Å². The zero-order chi connectivity index (χ0) is 12.1. The average molecular weight is 241 g/mol. The minimum absolute atomic E-state index is 0.434. The summed E-state index contributed by atoms with van der Waals surface area (Å²) >= 11 is 0. The highest BCUT2D eigenvalue weighted by Crippen LogP contribution is 2.11. The summed E-state index contributed by atoms with van der Waals surface area (Å²) in [7, 11) is 0. The number of nitrogens with zero attached hydrogens (tertiary/aromatic N) is 2. The second-order valence-electron chi connectivity index (χ2n) is 5.26. The van der Waals surface area contributed by atoms with Gasteiger partial charge in [0, 0.05) is 45.3 Å². The Balaban J connectivity index is 1.66. The molecule has 0 aromatic rings. The van der Waals surface area contributed by atoms with Crippen molar-refractivity contribution in [1.29, 1.82) is 0 Å². The molecule has 100 valence electrons. The quantitative estimate of drug-likeness (QED) is 0.771. The number of ether oxygens (including phenoxy) is 1. The van der Waals surface area contributed by atoms with Gasteiger partial charge in [0.25, 0.3) is 0 Å². The monoisotopic (exact) mass is 241 g/mol. The van der Waals surface area contributed by atoms with E-state index < -0.39 is 0 Å². The van der Waals surface area contributed by atoms with Gasteiger partial charge in [-0.25, -0.2) is 0 Å². The van der Waals surface area contributed by atoms with Crippen LogP contribution in [0.25, 0.3) is 0 Å². The summed E-state index contributed by atoms with van der Waals surface area (Å²) in [5, 5.41) is 3.40. The topological polar surface area (TPSA) is 27.7 Å². The lowest BCUT2D eigenvalue weighted by molar-refractivity contribution is 0.0102. The van der Waals surface area contributed by atoms with Crippen molar-refractivity contribution in [1.82, 2.24) is 15.1 Å². The maximum Gasteiger partial charge on any atom is 0.0712 e. The van der Waals surface area contributed by atoms with Gasteiger partial charge in [-0.2, -0.15) is 0 Å². The van der Waals surface area contributed by atoms with Crippen molar-refractivity contribution in [3.05, 3.63) is 0 Å². The molecule has 0 bridgehead atoms. The molecule has 2 aliphatic heterocycles. The minimum Gasteiger partial charge on any atom is -0.376 e. The first-order chi connectivity index (χ1) is 8.29. The first-order valence-electron chi connectivity index (χ1n) is 7.08. The van der Waals surface area contributed by atoms with Crippen LogP contribution in [-0.2, 0) is 4.74 Å². The largest absolute Gasteiger partial charge is 0.376 e. The van der Waals surface area contributed by atoms with Crippen molar-refractivity contribution in [2.75, 3.05) is 52.4 Å². The molecule has 0 aromatic carbocycles. The van der Waals surface area contributed by atoms with Crippen molar-refractivity contribution in [2.45, 2.75) is 32.4 Å². The number of piperazine rings is 1. The Morgan fingerprint density at radius 3 is 2.88 bits per heavy atom. The SMILES string of the molecule is CCN1CCN(CCC2CNCCO2)CC1C. The Morgan fingerprint density at radius 2 is 2.24 bits per heavy atom. The number of rotatable bonds is 4. The highest BCUT2D eigenvalue weighted by atomic mass is 16.5. The number of likely N-dealkylation sites (N-methyl/N-ethyl adjacent to an activating group) is 1. The van der Waals surface area contributed by atoms with Gasteiger partial charge in [-0.3, -0.25) is 4.90 Å². The molecule has 2 rings (SSSR count). The van der Waals surface area contributed by atoms with Crippen LogP contribution in [0.15, 0.2) is 0 Å². The third-order valence-electron chi connectivity index (χ3n) is 4.03. The fraction of sp³-hybridized carbons (Fsp3) is 1.00. The molecule has 0 amide bonds. The number of nitrogens with one attached hydrogen (secondary N) is 1. The van der Waals surface area contributed by atoms with Gasteiger partial charge >= 0.3 is 0 Å². The predicted octanol–water partition coefficient (Wildman–Crippen LogP) is 0.391. The Hall–Kier alpha value is -0.160. The molecule has 0 radical (unpaired) electrons. The Labute approximate surface area is 105 Å². The molecule has 1 N–H and O–H groups in total. The van der Waals surface area contributed by atoms with E-state index in [1.54, 1.807) is 0 Å². The van der Waals surface area contributed by atoms with Crippen molar-refractivity contribution in [3.63, 3.8) is 0 Å². The second-order valence-corrected chi connectivity index (χ2v) is 5.26. The Kier molecular flexibility index (Phi) is 5.22. The zero-order valence-corrected chi connectivity index (χ0v) is 11.3. The summed E-state index contributed by atoms with van der Waals surface area (Å²) < 4.78 is 5.74. The molecule has 2 aliphatic rings. The van der Waals surface area contributed by atoms with E-state index in [4.69, 9.17) is 4.74 Å². The normalized spacial score (nSPS) is 32.8. The lowest BCUT2D eigenvalue weighted by atomic mass is 10.1. The molecule has 0 aliphatic carbocycles. The molecule has 4 nitrogen and oxygen atoms in total. The molecule has 2 heterocycles. The first kappa shape index (κ1) is 13.3. The third-order valence-corrected chi connectivity index (χ3v) is 4.03. The van der Waals surface area contributed by atoms with Crippen molar-refractivity contribution in [3.8, 4) is 0 Å². The van der Waals surface area contributed by atoms with E-state index in [-0.39, 0.29) is 0 Å². The van der Waals surface area contributed by atoms with Crippen LogP contribution in [0, 0.1) is 0 Å². The first-order valence-corrected chi connectivity index (χ1v) is 7.08. The van der Waals surface area contributed by atoms with Crippen LogP contribution >= 0.6 is 0 Å². The van der Waals surface area contributed by atoms with E-state index in [0.717, 1.165) is 19.7 Å². The molecule has 2 atom stereocenters. The molecule has 0 aromatic heterocycles. The Bertz CT molecular complexity index is 219. The van der Waals surface area contributed by atoms with E-state index in [1.807, 2.05) is 0 Å². The van der Waals surface area contributed by atoms with Gasteiger partial charge in [0.15, 0.2) is 0 Å². The lowest BCUT2D eigenvalue weighted by Gasteiger charge is -2.39. The van der Waals surface area contributed by atoms with E-state index in [1.165, 1.54) is 39.1 Å². The molecule has 0 spiro atoms. The van der Waals surface area contributed by atoms with Gasteiger partial charge in [0.2, 0.25) is 0 Å². The number of hydrogen-bond donors (Lipinski definition) is 1. The van der Waals surface area contributed by atoms with Gasteiger partial charge in [0.05, 0.1) is 12.7 Å². The molecule has 2 fully saturated rings. The standard InChI is InChI=1S/C13H27N3O/c1-3-16-8-7-15(11-12(16)2)6-4-13-10-14-5-9-17-13/h12-14H,3-11H2,1-2H3. The minimum atomic E-state index is 0.434. The summed E-state index contributed by atoms with van der Waals surface area (Å²) in [4.78, 5) is 5.16. The average Bonchev–Trinajstić information content (AvgIpc) is 2.38. The number of hydrogen-bond acceptors (Lipinski definition) is 4. The molecular formula is C13H27N3O. The maximum atomic E-state index is 5.74. The molecule has 2 saturated heterocycles. The van der Waals surface area contributed by atoms with Crippen LogP contribution in [0.4, 0.5) is 0 Å². The third kappa shape index (κ3) is 3.91. The van der Waals surface area contributed by atoms with Crippen LogP contribution in [0.1, 0.15) is 20.3 Å². The van der Waals surface area contributed by atoms with Crippen LogP contribution < -0.4 is 5.32 Å². The predicted molar refractivity (Wildman–Crippen MR) is 70.4 cm³/mol. The van der Waals surface area contributed by atoms with Crippen LogP contribution in [0.3, 0.4) is 0 Å². The molecule has 17 heavy (non-hydrogen) atoms. The maximum absolute atomic E-state index is 5.74. The summed E-state index contributed by atoms with van der Waals surface area (Å²) in [5.41, 5.74) is 0. The fourth-order valence-electron chi connectivity index (χ4n) is 2.88. The second kappa shape index (κ2) is 6.69. The zero-order valence-electron chi connectivity index (χ0n) is 11.3. The van der Waals surface area contributed by atoms with Gasteiger partial charge in [-0.1, -0.05) is 6.92 Å². The van der Waals surface area contributed by atoms with Crippen molar-refractivity contribution < 1.29 is 4.74 Å². The van der Waals surface area contributed by atoms with Gasteiger partial charge in [-0.15, -0.1) is 0 Å². The summed E-state index contributed by atoms with van der Waals surface area (Å²) in [6, 6.07) is 0.708. The summed E-state index contributed by atoms with van der Waals surface area (Å²) in [6.45, 7) is 13.6. The molecule has 4 heteroatoms. The lowest BCUT2D eigenvalue weighted by Crippen LogP contribution is -2.52. The summed E-state index contributed by atoms with van der Waals surface area (Å²) in [5.74, 6) is 0. The van der Waals surface area contributed by atoms with E-state index in [9.17, 15) is 0 Å². The highest BCUT2D eigenvalue weighted by molar-refractivity contribution is 4.79. The smallest absolute Gasteiger partial charge is 0.0712 e. The Morgan fingerprint density at radius 1 is 1.35 bits per heavy atom. The fourth-order valence-corrected chi connectivity index (χ4v) is 2.88. The van der Waals surface area contributed by atoms with Crippen LogP contribution in [0.5, 0.6) is 0 Å². The van der Waals surface area contributed by atoms with Crippen LogP contribution in [0.2, 0.25) is 0 Å². The summed E-state index contributed by atoms with van der Waals surface area (Å²) in [6.07, 6.45) is 1.61. The van der Waals surface area contributed by atoms with E-state index in [0.29, 0.717) is 12.1 Å². The highest BCUT2D eigenvalue weighted by Gasteiger charge is 2.23. The van der Waals surface area contributed by atoms with Gasteiger partial charge in [-0.05, 0) is 19.9 Å². The van der Waals surface area contributed by atoms with Crippen molar-refractivity contribution >= 4 is 0 Å². The number of morpholine rings is 1. The molecule has 2 unspecified atom stereocenters. The van der Waals surface area contributed by atoms with E-state index in [2.05, 4.69) is 29.0 Å².